The predicted octanol–water partition coefficient (Wildman–Crippen LogP) is 2.94. The highest BCUT2D eigenvalue weighted by Crippen LogP contribution is 2.55. The van der Waals surface area contributed by atoms with Gasteiger partial charge in [0.1, 0.15) is 11.6 Å². The minimum absolute atomic E-state index is 0.0282. The van der Waals surface area contributed by atoms with Crippen LogP contribution in [0.5, 0.6) is 0 Å². The first-order valence-electron chi connectivity index (χ1n) is 10.4. The molecule has 152 valence electrons. The summed E-state index contributed by atoms with van der Waals surface area (Å²) < 4.78 is 0. The molecule has 1 aliphatic heterocycles. The molecule has 1 atom stereocenters. The van der Waals surface area contributed by atoms with Gasteiger partial charge in [-0.05, 0) is 89.1 Å². The number of amides is 2. The van der Waals surface area contributed by atoms with Crippen LogP contribution in [0.1, 0.15) is 65.7 Å². The van der Waals surface area contributed by atoms with E-state index in [9.17, 15) is 10.0 Å². The average Bonchev–Trinajstić information content (AvgIpc) is 2.98. The summed E-state index contributed by atoms with van der Waals surface area (Å²) in [5.41, 5.74) is 1.87. The van der Waals surface area contributed by atoms with Crippen LogP contribution in [-0.2, 0) is 4.84 Å². The zero-order valence-electron chi connectivity index (χ0n) is 16.7. The van der Waals surface area contributed by atoms with Crippen LogP contribution >= 0.6 is 0 Å². The van der Waals surface area contributed by atoms with Gasteiger partial charge in [0, 0.05) is 17.2 Å². The maximum Gasteiger partial charge on any atom is 0.317 e. The second-order valence-electron chi connectivity index (χ2n) is 10.2. The van der Waals surface area contributed by atoms with Gasteiger partial charge in [-0.1, -0.05) is 0 Å². The van der Waals surface area contributed by atoms with Crippen molar-refractivity contribution >= 4 is 6.03 Å². The Balaban J connectivity index is 1.27. The van der Waals surface area contributed by atoms with Crippen molar-refractivity contribution in [1.29, 1.82) is 0 Å². The van der Waals surface area contributed by atoms with Crippen molar-refractivity contribution in [3.63, 3.8) is 0 Å². The Morgan fingerprint density at radius 3 is 2.33 bits per heavy atom. The number of hydrazine groups is 1. The van der Waals surface area contributed by atoms with E-state index in [0.29, 0.717) is 24.5 Å². The molecule has 4 aliphatic carbocycles. The monoisotopic (exact) mass is 379 g/mol. The molecule has 1 heterocycles. The topological polar surface area (TPSA) is 92.0 Å². The molecule has 0 spiro atoms. The summed E-state index contributed by atoms with van der Waals surface area (Å²) in [4.78, 5) is 20.5. The van der Waals surface area contributed by atoms with Gasteiger partial charge in [0.05, 0.1) is 11.5 Å². The fourth-order valence-electron chi connectivity index (χ4n) is 5.99. The number of hydrogen-bond donors (Lipinski definition) is 2. The molecule has 0 aromatic heterocycles. The number of likely N-dealkylation sites (tertiary alicyclic amines) is 1. The molecule has 8 heteroatoms. The van der Waals surface area contributed by atoms with Gasteiger partial charge in [-0.15, -0.1) is 0 Å². The van der Waals surface area contributed by atoms with Crippen molar-refractivity contribution in [3.8, 4) is 0 Å². The summed E-state index contributed by atoms with van der Waals surface area (Å²) in [5, 5.41) is 19.0. The first kappa shape index (κ1) is 18.8. The lowest BCUT2D eigenvalue weighted by Crippen LogP contribution is -2.61. The third-order valence-corrected chi connectivity index (χ3v) is 6.53. The van der Waals surface area contributed by atoms with Gasteiger partial charge >= 0.3 is 6.03 Å². The molecule has 5 fully saturated rings. The normalized spacial score (nSPS) is 38.3. The summed E-state index contributed by atoms with van der Waals surface area (Å²) in [6.45, 7) is 6.66. The van der Waals surface area contributed by atoms with E-state index in [2.05, 4.69) is 16.0 Å². The molecule has 0 aromatic rings. The summed E-state index contributed by atoms with van der Waals surface area (Å²) in [5.74, 6) is 2.43. The van der Waals surface area contributed by atoms with E-state index < -0.39 is 5.54 Å². The average molecular weight is 380 g/mol. The van der Waals surface area contributed by atoms with Gasteiger partial charge in [0.25, 0.3) is 0 Å². The minimum atomic E-state index is -0.475. The molecular formula is C19H33N5O3. The van der Waals surface area contributed by atoms with Gasteiger partial charge in [-0.25, -0.2) is 9.63 Å². The van der Waals surface area contributed by atoms with Crippen molar-refractivity contribution < 1.29 is 14.6 Å². The van der Waals surface area contributed by atoms with Crippen molar-refractivity contribution in [2.24, 2.45) is 22.9 Å². The maximum atomic E-state index is 12.8. The van der Waals surface area contributed by atoms with E-state index in [0.717, 1.165) is 37.0 Å². The summed E-state index contributed by atoms with van der Waals surface area (Å²) >= 11 is 0. The van der Waals surface area contributed by atoms with E-state index >= 15 is 0 Å². The van der Waals surface area contributed by atoms with Crippen molar-refractivity contribution in [3.05, 3.63) is 5.21 Å². The fourth-order valence-corrected chi connectivity index (χ4v) is 5.99. The van der Waals surface area contributed by atoms with Crippen LogP contribution in [0.25, 0.3) is 0 Å². The van der Waals surface area contributed by atoms with Gasteiger partial charge in [0.15, 0.2) is 0 Å². The van der Waals surface area contributed by atoms with Crippen molar-refractivity contribution in [2.45, 2.75) is 82.9 Å². The molecule has 0 aromatic carbocycles. The van der Waals surface area contributed by atoms with Gasteiger partial charge in [0.2, 0.25) is 0 Å². The Morgan fingerprint density at radius 2 is 1.78 bits per heavy atom. The Bertz CT molecular complexity index is 580. The smallest absolute Gasteiger partial charge is 0.317 e. The molecule has 0 unspecified atom stereocenters. The number of rotatable bonds is 4. The van der Waals surface area contributed by atoms with Gasteiger partial charge in [-0.3, -0.25) is 0 Å². The number of hydrogen-bond acceptors (Lipinski definition) is 4. The standard InChI is InChI=1S/C19H33N5O3/c1-18(2,3)21-24(26)22-27-16-4-5-23(12-16)17(25)20-19-9-13-6-14(10-19)8-15(7-13)11-19/h13-16H,4-12H2,1-3H3,(H,20,25)(H,21,22)/t13?,14?,15?,16-,19?/m1/s1. The zero-order valence-corrected chi connectivity index (χ0v) is 16.7. The lowest BCUT2D eigenvalue weighted by molar-refractivity contribution is -0.652. The third kappa shape index (κ3) is 4.31. The lowest BCUT2D eigenvalue weighted by atomic mass is 9.53. The zero-order chi connectivity index (χ0) is 19.2. The number of carbonyl (C=O) groups is 1. The highest BCUT2D eigenvalue weighted by molar-refractivity contribution is 5.75. The molecule has 5 rings (SSSR count). The van der Waals surface area contributed by atoms with Crippen LogP contribution in [0.4, 0.5) is 4.79 Å². The van der Waals surface area contributed by atoms with Crippen LogP contribution in [-0.4, -0.2) is 46.2 Å². The van der Waals surface area contributed by atoms with Crippen LogP contribution in [0.2, 0.25) is 0 Å². The Labute approximate surface area is 161 Å². The maximum absolute atomic E-state index is 12.8. The quantitative estimate of drug-likeness (QED) is 0.446. The second-order valence-corrected chi connectivity index (χ2v) is 10.2. The van der Waals surface area contributed by atoms with Crippen LogP contribution in [0.3, 0.4) is 0 Å². The first-order chi connectivity index (χ1) is 12.7. The summed E-state index contributed by atoms with van der Waals surface area (Å²) in [6, 6.07) is 0.0291. The number of nitrogens with zero attached hydrogens (tertiary/aromatic N) is 3. The SMILES string of the molecule is CC(C)(C)N=[N+]([O-])NO[C@@H]1CCN(C(=O)NC23CC4CC(CC(C4)C2)C3)C1. The van der Waals surface area contributed by atoms with E-state index in [1.807, 2.05) is 25.7 Å². The van der Waals surface area contributed by atoms with E-state index in [-0.39, 0.29) is 17.7 Å². The highest BCUT2D eigenvalue weighted by atomic mass is 16.8. The van der Waals surface area contributed by atoms with E-state index in [1.165, 1.54) is 19.3 Å². The molecular weight excluding hydrogens is 346 g/mol. The molecule has 5 aliphatic rings. The number of nitrogens with one attached hydrogen (secondary N) is 2. The molecule has 4 saturated carbocycles. The first-order valence-corrected chi connectivity index (χ1v) is 10.4. The summed E-state index contributed by atoms with van der Waals surface area (Å²) in [7, 11) is 0. The molecule has 8 nitrogen and oxygen atoms in total. The fraction of sp³-hybridized carbons (Fsp3) is 0.947. The number of carbonyl (C=O) groups excluding carboxylic acids is 1. The second kappa shape index (κ2) is 6.79. The molecule has 0 radical (unpaired) electrons. The third-order valence-electron chi connectivity index (χ3n) is 6.53. The highest BCUT2D eigenvalue weighted by Gasteiger charge is 2.52. The van der Waals surface area contributed by atoms with Gasteiger partial charge in [-0.2, -0.15) is 0 Å². The molecule has 27 heavy (non-hydrogen) atoms. The lowest BCUT2D eigenvalue weighted by Gasteiger charge is -2.57. The Hall–Kier alpha value is -1.57. The van der Waals surface area contributed by atoms with Crippen molar-refractivity contribution in [2.75, 3.05) is 13.1 Å². The Morgan fingerprint density at radius 1 is 1.19 bits per heavy atom. The largest absolute Gasteiger partial charge is 0.570 e. The van der Waals surface area contributed by atoms with Gasteiger partial charge < -0.3 is 15.4 Å². The van der Waals surface area contributed by atoms with Crippen LogP contribution in [0.15, 0.2) is 5.11 Å². The Kier molecular flexibility index (Phi) is 4.72. The number of urea groups is 1. The van der Waals surface area contributed by atoms with Crippen molar-refractivity contribution in [1.82, 2.24) is 15.8 Å². The van der Waals surface area contributed by atoms with E-state index in [4.69, 9.17) is 4.84 Å². The van der Waals surface area contributed by atoms with Crippen LogP contribution < -0.4 is 10.9 Å². The minimum Gasteiger partial charge on any atom is -0.570 e. The summed E-state index contributed by atoms with van der Waals surface area (Å²) in [6.07, 6.45) is 8.07. The predicted molar refractivity (Wildman–Crippen MR) is 99.4 cm³/mol. The van der Waals surface area contributed by atoms with Crippen LogP contribution in [0, 0.1) is 23.0 Å². The van der Waals surface area contributed by atoms with E-state index in [1.54, 1.807) is 0 Å². The molecule has 2 N–H and O–H groups in total. The molecule has 4 bridgehead atoms. The molecule has 2 amide bonds. The molecule has 1 saturated heterocycles.